The molecule has 0 saturated carbocycles. The van der Waals surface area contributed by atoms with Crippen LogP contribution in [0, 0.1) is 13.8 Å². The van der Waals surface area contributed by atoms with Crippen LogP contribution in [-0.4, -0.2) is 52.7 Å². The fourth-order valence-electron chi connectivity index (χ4n) is 3.69. The van der Waals surface area contributed by atoms with Gasteiger partial charge in [0, 0.05) is 18.2 Å². The number of aromatic nitrogens is 2. The molecule has 2 aromatic carbocycles. The van der Waals surface area contributed by atoms with Gasteiger partial charge in [-0.25, -0.2) is 8.42 Å². The van der Waals surface area contributed by atoms with Crippen LogP contribution in [0.25, 0.3) is 11.5 Å². The number of benzene rings is 2. The van der Waals surface area contributed by atoms with Crippen molar-refractivity contribution in [2.24, 2.45) is 0 Å². The first-order chi connectivity index (χ1) is 15.3. The van der Waals surface area contributed by atoms with Crippen molar-refractivity contribution in [3.8, 4) is 11.5 Å². The maximum atomic E-state index is 13.1. The highest BCUT2D eigenvalue weighted by Crippen LogP contribution is 2.26. The van der Waals surface area contributed by atoms with Gasteiger partial charge in [0.2, 0.25) is 11.8 Å². The Labute approximate surface area is 192 Å². The molecule has 168 valence electrons. The smallest absolute Gasteiger partial charge is 0.277 e. The van der Waals surface area contributed by atoms with Crippen LogP contribution in [0.15, 0.2) is 58.2 Å². The van der Waals surface area contributed by atoms with E-state index in [1.165, 1.54) is 17.3 Å². The van der Waals surface area contributed by atoms with Crippen LogP contribution in [0.2, 0.25) is 0 Å². The molecule has 2 heterocycles. The van der Waals surface area contributed by atoms with E-state index in [1.54, 1.807) is 4.90 Å². The summed E-state index contributed by atoms with van der Waals surface area (Å²) < 4.78 is 29.8. The fraction of sp³-hybridized carbons (Fsp3) is 0.348. The Morgan fingerprint density at radius 2 is 1.91 bits per heavy atom. The predicted molar refractivity (Wildman–Crippen MR) is 124 cm³/mol. The summed E-state index contributed by atoms with van der Waals surface area (Å²) in [4.78, 5) is 14.8. The predicted octanol–water partition coefficient (Wildman–Crippen LogP) is 3.66. The first kappa shape index (κ1) is 22.5. The number of nitrogens with zero attached hydrogens (tertiary/aromatic N) is 3. The average Bonchev–Trinajstić information content (AvgIpc) is 3.39. The molecule has 1 aliphatic rings. The van der Waals surface area contributed by atoms with Gasteiger partial charge in [0.05, 0.1) is 17.3 Å². The molecule has 0 aliphatic carbocycles. The second kappa shape index (κ2) is 9.46. The maximum Gasteiger partial charge on any atom is 0.277 e. The highest BCUT2D eigenvalue weighted by atomic mass is 32.2. The van der Waals surface area contributed by atoms with E-state index in [4.69, 9.17) is 4.42 Å². The Hall–Kier alpha value is -2.65. The molecule has 1 saturated heterocycles. The molecule has 0 N–H and O–H groups in total. The standard InChI is InChI=1S/C23H25N3O4S2/c1-16-8-9-19(12-17(16)2)22-24-25-23(30-22)31-14-21(27)26(13-18-6-4-3-5-7-18)20-10-11-32(28,29)15-20/h3-9,12,20H,10-11,13-15H2,1-2H3. The van der Waals surface area contributed by atoms with Gasteiger partial charge in [-0.1, -0.05) is 48.2 Å². The molecule has 1 fully saturated rings. The van der Waals surface area contributed by atoms with E-state index in [0.29, 0.717) is 24.1 Å². The van der Waals surface area contributed by atoms with E-state index in [-0.39, 0.29) is 29.2 Å². The first-order valence-electron chi connectivity index (χ1n) is 10.4. The van der Waals surface area contributed by atoms with Gasteiger partial charge in [0.15, 0.2) is 9.84 Å². The van der Waals surface area contributed by atoms with Gasteiger partial charge in [-0.05, 0) is 49.1 Å². The topological polar surface area (TPSA) is 93.4 Å². The van der Waals surface area contributed by atoms with E-state index >= 15 is 0 Å². The molecule has 32 heavy (non-hydrogen) atoms. The van der Waals surface area contributed by atoms with Gasteiger partial charge < -0.3 is 9.32 Å². The minimum Gasteiger partial charge on any atom is -0.411 e. The highest BCUT2D eigenvalue weighted by Gasteiger charge is 2.34. The van der Waals surface area contributed by atoms with Crippen LogP contribution in [0.1, 0.15) is 23.1 Å². The van der Waals surface area contributed by atoms with Crippen LogP contribution in [0.3, 0.4) is 0 Å². The molecule has 1 atom stereocenters. The first-order valence-corrected chi connectivity index (χ1v) is 13.2. The Morgan fingerprint density at radius 1 is 1.12 bits per heavy atom. The zero-order valence-corrected chi connectivity index (χ0v) is 19.7. The largest absolute Gasteiger partial charge is 0.411 e. The summed E-state index contributed by atoms with van der Waals surface area (Å²) in [5.74, 6) is 0.482. The van der Waals surface area contributed by atoms with Gasteiger partial charge in [0.25, 0.3) is 5.22 Å². The summed E-state index contributed by atoms with van der Waals surface area (Å²) >= 11 is 1.17. The van der Waals surface area contributed by atoms with E-state index in [9.17, 15) is 13.2 Å². The molecule has 4 rings (SSSR count). The molecular formula is C23H25N3O4S2. The molecule has 9 heteroatoms. The minimum absolute atomic E-state index is 0.00766. The average molecular weight is 472 g/mol. The maximum absolute atomic E-state index is 13.1. The third-order valence-corrected chi connectivity index (χ3v) is 8.20. The monoisotopic (exact) mass is 471 g/mol. The Balaban J connectivity index is 1.45. The summed E-state index contributed by atoms with van der Waals surface area (Å²) in [6, 6.07) is 15.2. The zero-order valence-electron chi connectivity index (χ0n) is 18.0. The van der Waals surface area contributed by atoms with Crippen molar-refractivity contribution < 1.29 is 17.6 Å². The molecule has 7 nitrogen and oxygen atoms in total. The van der Waals surface area contributed by atoms with Gasteiger partial charge in [-0.3, -0.25) is 4.79 Å². The van der Waals surface area contributed by atoms with E-state index in [2.05, 4.69) is 10.2 Å². The normalized spacial score (nSPS) is 17.4. The van der Waals surface area contributed by atoms with Gasteiger partial charge in [0.1, 0.15) is 0 Å². The number of aryl methyl sites for hydroxylation is 2. The molecule has 3 aromatic rings. The lowest BCUT2D eigenvalue weighted by atomic mass is 10.1. The van der Waals surface area contributed by atoms with Crippen LogP contribution < -0.4 is 0 Å². The second-order valence-electron chi connectivity index (χ2n) is 8.02. The summed E-state index contributed by atoms with van der Waals surface area (Å²) in [5.41, 5.74) is 4.11. The second-order valence-corrected chi connectivity index (χ2v) is 11.2. The number of rotatable bonds is 7. The van der Waals surface area contributed by atoms with Crippen molar-refractivity contribution in [2.75, 3.05) is 17.3 Å². The SMILES string of the molecule is Cc1ccc(-c2nnc(SCC(=O)N(Cc3ccccc3)C3CCS(=O)(=O)C3)o2)cc1C. The Morgan fingerprint density at radius 3 is 2.59 bits per heavy atom. The molecule has 0 bridgehead atoms. The summed E-state index contributed by atoms with van der Waals surface area (Å²) in [6.45, 7) is 4.43. The fourth-order valence-corrected chi connectivity index (χ4v) is 6.07. The number of carbonyl (C=O) groups is 1. The lowest BCUT2D eigenvalue weighted by Gasteiger charge is -2.28. The molecule has 1 aromatic heterocycles. The highest BCUT2D eigenvalue weighted by molar-refractivity contribution is 7.99. The van der Waals surface area contributed by atoms with Gasteiger partial charge in [-0.2, -0.15) is 0 Å². The number of thioether (sulfide) groups is 1. The van der Waals surface area contributed by atoms with Crippen LogP contribution in [0.4, 0.5) is 0 Å². The van der Waals surface area contributed by atoms with E-state index in [1.807, 2.05) is 62.4 Å². The molecule has 0 spiro atoms. The molecule has 1 amide bonds. The van der Waals surface area contributed by atoms with Crippen molar-refractivity contribution in [2.45, 2.75) is 38.1 Å². The van der Waals surface area contributed by atoms with Crippen molar-refractivity contribution in [3.05, 3.63) is 65.2 Å². The number of amides is 1. The van der Waals surface area contributed by atoms with Crippen molar-refractivity contribution in [1.29, 1.82) is 0 Å². The van der Waals surface area contributed by atoms with E-state index < -0.39 is 9.84 Å². The number of carbonyl (C=O) groups excluding carboxylic acids is 1. The van der Waals surface area contributed by atoms with Crippen LogP contribution >= 0.6 is 11.8 Å². The van der Waals surface area contributed by atoms with Gasteiger partial charge in [-0.15, -0.1) is 10.2 Å². The quantitative estimate of drug-likeness (QED) is 0.486. The van der Waals surface area contributed by atoms with Crippen molar-refractivity contribution in [1.82, 2.24) is 15.1 Å². The third-order valence-electron chi connectivity index (χ3n) is 5.64. The lowest BCUT2D eigenvalue weighted by Crippen LogP contribution is -2.41. The Bertz CT molecular complexity index is 1210. The molecule has 1 unspecified atom stereocenters. The molecule has 0 radical (unpaired) electrons. The molecular weight excluding hydrogens is 446 g/mol. The summed E-state index contributed by atoms with van der Waals surface area (Å²) in [7, 11) is -3.11. The van der Waals surface area contributed by atoms with Crippen LogP contribution in [-0.2, 0) is 21.2 Å². The Kier molecular flexibility index (Phi) is 6.66. The van der Waals surface area contributed by atoms with Crippen molar-refractivity contribution in [3.63, 3.8) is 0 Å². The minimum atomic E-state index is -3.11. The third kappa shape index (κ3) is 5.39. The molecule has 1 aliphatic heterocycles. The van der Waals surface area contributed by atoms with Gasteiger partial charge >= 0.3 is 0 Å². The number of sulfone groups is 1. The van der Waals surface area contributed by atoms with E-state index in [0.717, 1.165) is 16.7 Å². The van der Waals surface area contributed by atoms with Crippen LogP contribution in [0.5, 0.6) is 0 Å². The van der Waals surface area contributed by atoms with Crippen molar-refractivity contribution >= 4 is 27.5 Å². The summed E-state index contributed by atoms with van der Waals surface area (Å²) in [6.07, 6.45) is 0.461. The zero-order chi connectivity index (χ0) is 22.7. The number of hydrogen-bond acceptors (Lipinski definition) is 7. The summed E-state index contributed by atoms with van der Waals surface area (Å²) in [5, 5.41) is 8.47. The number of hydrogen-bond donors (Lipinski definition) is 0. The lowest BCUT2D eigenvalue weighted by molar-refractivity contribution is -0.130.